The number of ether oxygens (including phenoxy) is 2. The van der Waals surface area contributed by atoms with E-state index in [1.807, 2.05) is 0 Å². The average Bonchev–Trinajstić information content (AvgIpc) is 3.24. The van der Waals surface area contributed by atoms with Crippen LogP contribution in [-0.2, 0) is 28.7 Å². The van der Waals surface area contributed by atoms with Gasteiger partial charge in [-0.2, -0.15) is 0 Å². The van der Waals surface area contributed by atoms with Crippen molar-refractivity contribution < 1.29 is 38.9 Å². The Kier molecular flexibility index (Phi) is 59.5. The number of esters is 2. The number of carboxylic acids is 2. The second kappa shape index (κ2) is 57.6. The molecule has 0 unspecified atom stereocenters. The molecule has 0 saturated heterocycles. The third-order valence-corrected chi connectivity index (χ3v) is 14.0. The van der Waals surface area contributed by atoms with E-state index in [4.69, 9.17) is 9.47 Å². The fraction of sp³-hybridized carbons (Fsp3) is 0.769. The number of allylic oxidation sites excluding steroid dienone is 4. The first-order chi connectivity index (χ1) is 29.7. The van der Waals surface area contributed by atoms with Crippen LogP contribution in [0.4, 0.5) is 0 Å². The second-order valence-electron chi connectivity index (χ2n) is 16.0. The molecule has 0 bridgehead atoms. The standard InChI is InChI=1S/2C22H38O4.2C4H9.Sn/c2*1-2-3-4-5-6-7-8-9-10-11-12-13-14-15-16-17-20-26-22(25)19-18-21(23)24;2*1-3-4-2;/h2*9-10,18-19H,2-8,11-17,20H2,1H3,(H,23,24);2*1,3-4H2,2H3;/q;;;;+2/p-2/b2*10-9-,19-18-;;;. The van der Waals surface area contributed by atoms with Gasteiger partial charge in [0.1, 0.15) is 0 Å². The van der Waals surface area contributed by atoms with E-state index in [0.717, 1.165) is 50.7 Å². The minimum atomic E-state index is -1.39. The zero-order chi connectivity index (χ0) is 45.5. The van der Waals surface area contributed by atoms with E-state index >= 15 is 0 Å². The topological polar surface area (TPSA) is 133 Å². The van der Waals surface area contributed by atoms with Crippen LogP contribution >= 0.6 is 0 Å². The predicted molar refractivity (Wildman–Crippen MR) is 254 cm³/mol. The fourth-order valence-electron chi connectivity index (χ4n) is 6.14. The van der Waals surface area contributed by atoms with Crippen LogP contribution in [0.25, 0.3) is 0 Å². The van der Waals surface area contributed by atoms with Gasteiger partial charge in [-0.3, -0.25) is 0 Å². The molecule has 0 heterocycles. The average molecular weight is 964 g/mol. The Hall–Kier alpha value is -2.36. The van der Waals surface area contributed by atoms with Gasteiger partial charge in [-0.1, -0.05) is 154 Å². The van der Waals surface area contributed by atoms with E-state index in [0.29, 0.717) is 25.4 Å². The molecule has 0 aromatic carbocycles. The van der Waals surface area contributed by atoms with Crippen LogP contribution in [0, 0.1) is 0 Å². The molecule has 61 heavy (non-hydrogen) atoms. The van der Waals surface area contributed by atoms with E-state index in [9.17, 15) is 29.4 Å². The molecule has 0 aliphatic heterocycles. The van der Waals surface area contributed by atoms with Crippen LogP contribution in [0.3, 0.4) is 0 Å². The molecule has 0 saturated carbocycles. The van der Waals surface area contributed by atoms with Gasteiger partial charge in [0, 0.05) is 12.2 Å². The molecule has 9 heteroatoms. The zero-order valence-corrected chi connectivity index (χ0v) is 42.7. The van der Waals surface area contributed by atoms with Gasteiger partial charge >= 0.3 is 81.5 Å². The van der Waals surface area contributed by atoms with Crippen molar-refractivity contribution in [3.63, 3.8) is 0 Å². The van der Waals surface area contributed by atoms with Crippen LogP contribution in [-0.4, -0.2) is 58.2 Å². The van der Waals surface area contributed by atoms with Crippen LogP contribution in [0.2, 0.25) is 8.87 Å². The summed E-state index contributed by atoms with van der Waals surface area (Å²) in [6.07, 6.45) is 52.9. The van der Waals surface area contributed by atoms with Gasteiger partial charge in [-0.05, 0) is 76.4 Å². The van der Waals surface area contributed by atoms with Crippen molar-refractivity contribution >= 4 is 45.0 Å². The first-order valence-corrected chi connectivity index (χ1v) is 28.9. The molecular weight excluding hydrogens is 871 g/mol. The predicted octanol–water partition coefficient (Wildman–Crippen LogP) is 12.9. The normalized spacial score (nSPS) is 11.1. The number of aliphatic carboxylic acids is 2. The summed E-state index contributed by atoms with van der Waals surface area (Å²) >= 11 is 0.149. The molecule has 0 spiro atoms. The number of carbonyl (C=O) groups is 4. The molecule has 0 rings (SSSR count). The number of unbranched alkanes of at least 4 members (excludes halogenated alkanes) is 26. The van der Waals surface area contributed by atoms with Crippen LogP contribution in [0.1, 0.15) is 233 Å². The quantitative estimate of drug-likeness (QED) is 0.0194. The first kappa shape index (κ1) is 62.9. The Morgan fingerprint density at radius 3 is 0.902 bits per heavy atom. The van der Waals surface area contributed by atoms with Gasteiger partial charge in [0.05, 0.1) is 25.2 Å². The van der Waals surface area contributed by atoms with Crippen molar-refractivity contribution in [2.45, 2.75) is 242 Å². The molecule has 0 atom stereocenters. The minimum absolute atomic E-state index is 0.149. The zero-order valence-electron chi connectivity index (χ0n) is 39.8. The number of carbonyl (C=O) groups excluding carboxylic acids is 4. The van der Waals surface area contributed by atoms with Crippen molar-refractivity contribution in [2.24, 2.45) is 0 Å². The third-order valence-electron chi connectivity index (χ3n) is 9.93. The molecule has 0 N–H and O–H groups in total. The number of hydrogen-bond donors (Lipinski definition) is 0. The van der Waals surface area contributed by atoms with E-state index < -0.39 is 23.9 Å². The van der Waals surface area contributed by atoms with Crippen molar-refractivity contribution in [2.75, 3.05) is 13.2 Å². The molecule has 0 aromatic heterocycles. The molecule has 0 aliphatic carbocycles. The first-order valence-electron chi connectivity index (χ1n) is 24.9. The van der Waals surface area contributed by atoms with E-state index in [1.165, 1.54) is 167 Å². The van der Waals surface area contributed by atoms with Crippen molar-refractivity contribution in [3.05, 3.63) is 48.6 Å². The summed E-state index contributed by atoms with van der Waals surface area (Å²) in [5.74, 6) is -4.03. The molecular formula is C52H92O8Sn. The molecule has 0 amide bonds. The van der Waals surface area contributed by atoms with Gasteiger partial charge < -0.3 is 29.3 Å². The van der Waals surface area contributed by atoms with Gasteiger partial charge in [0.2, 0.25) is 0 Å². The Labute approximate surface area is 385 Å². The van der Waals surface area contributed by atoms with E-state index in [-0.39, 0.29) is 21.1 Å². The Bertz CT molecular complexity index is 986. The summed E-state index contributed by atoms with van der Waals surface area (Å²) in [5.41, 5.74) is 0. The Morgan fingerprint density at radius 1 is 0.361 bits per heavy atom. The SMILES string of the molecule is CCCCCCCC/C=C\CCCCCCCCOC(=O)/C=C\C(=O)[O-].CCCCCCCC/C=C\CCCCCCCCOC(=O)/C=C\C(=O)[O-].CCC[CH2][Sn+2][CH2]CCC. The van der Waals surface area contributed by atoms with Crippen LogP contribution < -0.4 is 10.2 Å². The molecule has 0 fully saturated rings. The number of carboxylic acid groups (broad SMARTS) is 2. The van der Waals surface area contributed by atoms with Crippen molar-refractivity contribution in [1.82, 2.24) is 0 Å². The Morgan fingerprint density at radius 2 is 0.623 bits per heavy atom. The van der Waals surface area contributed by atoms with Crippen molar-refractivity contribution in [3.8, 4) is 0 Å². The number of rotatable bonds is 42. The molecule has 0 aliphatic rings. The van der Waals surface area contributed by atoms with Gasteiger partial charge in [0.15, 0.2) is 0 Å². The fourth-order valence-corrected chi connectivity index (χ4v) is 10.3. The third kappa shape index (κ3) is 66.9. The molecule has 352 valence electrons. The summed E-state index contributed by atoms with van der Waals surface area (Å²) in [6, 6.07) is 0. The maximum absolute atomic E-state index is 11.1. The number of hydrogen-bond acceptors (Lipinski definition) is 8. The Balaban J connectivity index is -0.000000918. The summed E-state index contributed by atoms with van der Waals surface area (Å²) in [7, 11) is 0. The maximum atomic E-state index is 11.1. The van der Waals surface area contributed by atoms with E-state index in [1.54, 1.807) is 8.87 Å². The van der Waals surface area contributed by atoms with E-state index in [2.05, 4.69) is 52.0 Å². The second-order valence-corrected chi connectivity index (χ2v) is 20.3. The molecule has 0 aromatic rings. The summed E-state index contributed by atoms with van der Waals surface area (Å²) in [5, 5.41) is 20.3. The van der Waals surface area contributed by atoms with Crippen molar-refractivity contribution in [1.29, 1.82) is 0 Å². The van der Waals surface area contributed by atoms with Gasteiger partial charge in [0.25, 0.3) is 0 Å². The van der Waals surface area contributed by atoms with Gasteiger partial charge in [-0.15, -0.1) is 0 Å². The summed E-state index contributed by atoms with van der Waals surface area (Å²) in [6.45, 7) is 9.78. The monoisotopic (exact) mass is 965 g/mol. The summed E-state index contributed by atoms with van der Waals surface area (Å²) < 4.78 is 13.0. The van der Waals surface area contributed by atoms with Crippen LogP contribution in [0.5, 0.6) is 0 Å². The summed E-state index contributed by atoms with van der Waals surface area (Å²) in [4.78, 5) is 42.5. The molecule has 8 nitrogen and oxygen atoms in total. The molecule has 0 radical (unpaired) electrons. The van der Waals surface area contributed by atoms with Gasteiger partial charge in [-0.25, -0.2) is 9.59 Å². The van der Waals surface area contributed by atoms with Crippen LogP contribution in [0.15, 0.2) is 48.6 Å².